The zero-order chi connectivity index (χ0) is 32.1. The molecule has 0 spiro atoms. The Morgan fingerprint density at radius 3 is 2.05 bits per heavy atom. The van der Waals surface area contributed by atoms with Gasteiger partial charge in [-0.15, -0.1) is 0 Å². The summed E-state index contributed by atoms with van der Waals surface area (Å²) in [4.78, 5) is 51.0. The van der Waals surface area contributed by atoms with Crippen molar-refractivity contribution < 1.29 is 46.6 Å². The van der Waals surface area contributed by atoms with Crippen molar-refractivity contribution >= 4 is 50.7 Å². The molecule has 8 nitrogen and oxygen atoms in total. The van der Waals surface area contributed by atoms with Crippen molar-refractivity contribution in [1.82, 2.24) is 5.32 Å². The number of amides is 1. The third-order valence-corrected chi connectivity index (χ3v) is 6.84. The lowest BCUT2D eigenvalue weighted by Crippen LogP contribution is -2.52. The first-order valence-corrected chi connectivity index (χ1v) is 13.6. The lowest BCUT2D eigenvalue weighted by atomic mass is 9.97. The van der Waals surface area contributed by atoms with Crippen molar-refractivity contribution in [2.75, 3.05) is 11.9 Å². The fourth-order valence-electron chi connectivity index (χ4n) is 4.75. The summed E-state index contributed by atoms with van der Waals surface area (Å²) in [5.41, 5.74) is 0.354. The van der Waals surface area contributed by atoms with Crippen molar-refractivity contribution in [3.8, 4) is 5.75 Å². The summed E-state index contributed by atoms with van der Waals surface area (Å²) in [5.74, 6) is -13.6. The molecule has 0 fully saturated rings. The fourth-order valence-corrected chi connectivity index (χ4v) is 4.75. The number of hydrogen-bond acceptors (Lipinski definition) is 6. The topological polar surface area (TPSA) is 122 Å². The normalized spacial score (nSPS) is 12.7. The lowest BCUT2D eigenvalue weighted by Gasteiger charge is -2.24. The van der Waals surface area contributed by atoms with Gasteiger partial charge < -0.3 is 15.2 Å². The SMILES string of the molecule is CC(C)CC(NC(CC(=O)O)C(=O)COc1c(F)c(F)cc(F)c1F)C(=O)C(=O)Nc1cccc2cc3ccccc3cc12. The van der Waals surface area contributed by atoms with Crippen LogP contribution in [0.5, 0.6) is 5.75 Å². The highest BCUT2D eigenvalue weighted by Gasteiger charge is 2.33. The number of ether oxygens (including phenoxy) is 1. The molecule has 0 bridgehead atoms. The van der Waals surface area contributed by atoms with Crippen LogP contribution in [0.3, 0.4) is 0 Å². The van der Waals surface area contributed by atoms with E-state index >= 15 is 0 Å². The first-order valence-electron chi connectivity index (χ1n) is 13.6. The van der Waals surface area contributed by atoms with Crippen LogP contribution in [0.2, 0.25) is 0 Å². The van der Waals surface area contributed by atoms with Gasteiger partial charge in [0.15, 0.2) is 23.2 Å². The summed E-state index contributed by atoms with van der Waals surface area (Å²) in [7, 11) is 0. The minimum absolute atomic E-state index is 0.00898. The molecule has 1 amide bonds. The number of carboxylic acid groups (broad SMARTS) is 1. The maximum Gasteiger partial charge on any atom is 0.305 e. The number of fused-ring (bicyclic) bond motifs is 2. The molecule has 0 aliphatic heterocycles. The summed E-state index contributed by atoms with van der Waals surface area (Å²) in [6.45, 7) is 2.27. The molecule has 0 aromatic heterocycles. The number of hydrogen-bond donors (Lipinski definition) is 3. The van der Waals surface area contributed by atoms with Crippen LogP contribution in [0.4, 0.5) is 23.2 Å². The van der Waals surface area contributed by atoms with Gasteiger partial charge in [0.05, 0.1) is 18.5 Å². The first-order chi connectivity index (χ1) is 20.8. The zero-order valence-electron chi connectivity index (χ0n) is 23.6. The van der Waals surface area contributed by atoms with Crippen LogP contribution in [-0.4, -0.2) is 47.2 Å². The molecule has 44 heavy (non-hydrogen) atoms. The van der Waals surface area contributed by atoms with Crippen LogP contribution in [0.1, 0.15) is 26.7 Å². The standard InChI is InChI=1S/C32H28F4N2O6/c1-16(2)10-25(37-24(14-27(40)41)26(39)15-44-31-28(35)21(33)13-22(34)29(31)36)30(42)32(43)38-23-9-5-8-19-11-17-6-3-4-7-18(17)12-20(19)23/h3-9,11-13,16,24-25,37H,10,14-15H2,1-2H3,(H,38,43)(H,40,41). The summed E-state index contributed by atoms with van der Waals surface area (Å²) < 4.78 is 59.7. The molecule has 230 valence electrons. The number of nitrogens with one attached hydrogen (secondary N) is 2. The maximum atomic E-state index is 14.0. The van der Waals surface area contributed by atoms with Gasteiger partial charge in [0.1, 0.15) is 6.61 Å². The number of anilines is 1. The number of ketones is 2. The number of rotatable bonds is 13. The monoisotopic (exact) mass is 612 g/mol. The summed E-state index contributed by atoms with van der Waals surface area (Å²) in [6.07, 6.45) is -0.889. The number of carboxylic acids is 1. The van der Waals surface area contributed by atoms with Crippen molar-refractivity contribution in [2.24, 2.45) is 5.92 Å². The molecule has 3 N–H and O–H groups in total. The summed E-state index contributed by atoms with van der Waals surface area (Å²) >= 11 is 0. The first kappa shape index (κ1) is 32.1. The molecular weight excluding hydrogens is 584 g/mol. The van der Waals surface area contributed by atoms with Gasteiger partial charge in [-0.25, -0.2) is 8.78 Å². The van der Waals surface area contributed by atoms with Gasteiger partial charge in [0.25, 0.3) is 5.91 Å². The predicted octanol–water partition coefficient (Wildman–Crippen LogP) is 5.55. The molecular formula is C32H28F4N2O6. The van der Waals surface area contributed by atoms with Gasteiger partial charge in [-0.2, -0.15) is 8.78 Å². The minimum atomic E-state index is -1.88. The molecule has 12 heteroatoms. The van der Waals surface area contributed by atoms with Crippen LogP contribution in [0.25, 0.3) is 21.5 Å². The molecule has 4 aromatic carbocycles. The van der Waals surface area contributed by atoms with Crippen LogP contribution in [0, 0.1) is 29.2 Å². The number of benzene rings is 4. The molecule has 2 atom stereocenters. The molecule has 2 unspecified atom stereocenters. The minimum Gasteiger partial charge on any atom is -0.481 e. The third-order valence-electron chi connectivity index (χ3n) is 6.84. The average molecular weight is 613 g/mol. The number of carbonyl (C=O) groups excluding carboxylic acids is 3. The molecule has 4 aromatic rings. The largest absolute Gasteiger partial charge is 0.481 e. The Labute approximate surface area is 249 Å². The highest BCUT2D eigenvalue weighted by molar-refractivity contribution is 6.43. The highest BCUT2D eigenvalue weighted by Crippen LogP contribution is 2.29. The summed E-state index contributed by atoms with van der Waals surface area (Å²) in [5, 5.41) is 17.9. The second kappa shape index (κ2) is 13.6. The van der Waals surface area contributed by atoms with E-state index in [9.17, 15) is 41.8 Å². The molecule has 0 saturated heterocycles. The Bertz CT molecular complexity index is 1730. The Balaban J connectivity index is 1.55. The van der Waals surface area contributed by atoms with E-state index in [-0.39, 0.29) is 18.4 Å². The van der Waals surface area contributed by atoms with E-state index in [4.69, 9.17) is 4.74 Å². The average Bonchev–Trinajstić information content (AvgIpc) is 2.97. The van der Waals surface area contributed by atoms with Crippen LogP contribution >= 0.6 is 0 Å². The summed E-state index contributed by atoms with van der Waals surface area (Å²) in [6, 6.07) is 13.5. The number of halogens is 4. The quantitative estimate of drug-likeness (QED) is 0.0783. The van der Waals surface area contributed by atoms with E-state index in [1.54, 1.807) is 26.0 Å². The van der Waals surface area contributed by atoms with Crippen molar-refractivity contribution in [3.05, 3.63) is 83.9 Å². The Kier molecular flexibility index (Phi) is 9.94. The molecule has 0 aliphatic rings. The molecule has 0 radical (unpaired) electrons. The van der Waals surface area contributed by atoms with Gasteiger partial charge >= 0.3 is 5.97 Å². The van der Waals surface area contributed by atoms with E-state index in [0.29, 0.717) is 11.1 Å². The predicted molar refractivity (Wildman–Crippen MR) is 154 cm³/mol. The number of aliphatic carboxylic acids is 1. The van der Waals surface area contributed by atoms with Gasteiger partial charge in [-0.05, 0) is 46.7 Å². The van der Waals surface area contributed by atoms with Crippen molar-refractivity contribution in [3.63, 3.8) is 0 Å². The van der Waals surface area contributed by atoms with Crippen molar-refractivity contribution in [1.29, 1.82) is 0 Å². The number of Topliss-reactive ketones (excluding diaryl/α,β-unsaturated/α-hetero) is 2. The molecule has 0 saturated carbocycles. The van der Waals surface area contributed by atoms with Gasteiger partial charge in [0, 0.05) is 17.1 Å². The van der Waals surface area contributed by atoms with E-state index in [1.807, 2.05) is 42.5 Å². The second-order valence-corrected chi connectivity index (χ2v) is 10.6. The second-order valence-electron chi connectivity index (χ2n) is 10.6. The van der Waals surface area contributed by atoms with Gasteiger partial charge in [-0.1, -0.05) is 50.2 Å². The van der Waals surface area contributed by atoms with E-state index in [1.165, 1.54) is 0 Å². The van der Waals surface area contributed by atoms with E-state index in [2.05, 4.69) is 10.6 Å². The Morgan fingerprint density at radius 1 is 0.818 bits per heavy atom. The Hall–Kier alpha value is -4.84. The molecule has 0 aliphatic carbocycles. The van der Waals surface area contributed by atoms with Crippen LogP contribution in [0.15, 0.2) is 60.7 Å². The maximum absolute atomic E-state index is 14.0. The van der Waals surface area contributed by atoms with E-state index < -0.39 is 77.6 Å². The van der Waals surface area contributed by atoms with Crippen LogP contribution < -0.4 is 15.4 Å². The number of carbonyl (C=O) groups is 4. The van der Waals surface area contributed by atoms with Gasteiger partial charge in [0.2, 0.25) is 17.4 Å². The zero-order valence-corrected chi connectivity index (χ0v) is 23.6. The van der Waals surface area contributed by atoms with Gasteiger partial charge in [-0.3, -0.25) is 24.5 Å². The Morgan fingerprint density at radius 2 is 1.43 bits per heavy atom. The highest BCUT2D eigenvalue weighted by atomic mass is 19.2. The fraction of sp³-hybridized carbons (Fsp3) is 0.250. The molecule has 0 heterocycles. The third kappa shape index (κ3) is 7.38. The lowest BCUT2D eigenvalue weighted by molar-refractivity contribution is -0.141. The smallest absolute Gasteiger partial charge is 0.305 e. The van der Waals surface area contributed by atoms with E-state index in [0.717, 1.165) is 16.2 Å². The molecule has 4 rings (SSSR count). The van der Waals surface area contributed by atoms with Crippen LogP contribution in [-0.2, 0) is 19.2 Å². The van der Waals surface area contributed by atoms with Crippen molar-refractivity contribution in [2.45, 2.75) is 38.8 Å².